The average Bonchev–Trinajstić information content (AvgIpc) is 2.51. The van der Waals surface area contributed by atoms with Crippen molar-refractivity contribution in [3.05, 3.63) is 64.6 Å². The van der Waals surface area contributed by atoms with Crippen LogP contribution in [0.1, 0.15) is 12.0 Å². The zero-order chi connectivity index (χ0) is 14.9. The van der Waals surface area contributed by atoms with Gasteiger partial charge in [-0.25, -0.2) is 0 Å². The monoisotopic (exact) mass is 363 g/mol. The van der Waals surface area contributed by atoms with E-state index in [0.717, 1.165) is 13.0 Å². The molecule has 0 aliphatic heterocycles. The van der Waals surface area contributed by atoms with E-state index in [1.165, 1.54) is 27.1 Å². The van der Waals surface area contributed by atoms with Gasteiger partial charge < -0.3 is 5.32 Å². The molecule has 1 N–H and O–H groups in total. The number of hydrogen-bond donors (Lipinski definition) is 1. The molecule has 0 amide bonds. The Labute approximate surface area is 140 Å². The Bertz CT molecular complexity index is 530. The second-order valence-corrected chi connectivity index (χ2v) is 7.19. The molecule has 0 bridgehead atoms. The van der Waals surface area contributed by atoms with Gasteiger partial charge in [0.05, 0.1) is 0 Å². The standard InChI is InChI=1S/C18H22BrNS/c1-20-14-15(13-16-7-5-6-10-18(16)19)11-12-21-17-8-3-2-4-9-17/h2-10,15,20H,11-14H2,1H3. The normalized spacial score (nSPS) is 12.3. The first-order valence-corrected chi connectivity index (χ1v) is 9.13. The summed E-state index contributed by atoms with van der Waals surface area (Å²) >= 11 is 5.61. The van der Waals surface area contributed by atoms with Gasteiger partial charge in [-0.3, -0.25) is 0 Å². The summed E-state index contributed by atoms with van der Waals surface area (Å²) in [4.78, 5) is 1.36. The van der Waals surface area contributed by atoms with Crippen LogP contribution in [0.4, 0.5) is 0 Å². The van der Waals surface area contributed by atoms with E-state index in [9.17, 15) is 0 Å². The summed E-state index contributed by atoms with van der Waals surface area (Å²) in [6, 6.07) is 19.2. The molecule has 0 spiro atoms. The summed E-state index contributed by atoms with van der Waals surface area (Å²) in [5, 5.41) is 3.33. The third-order valence-corrected chi connectivity index (χ3v) is 5.32. The number of hydrogen-bond acceptors (Lipinski definition) is 2. The highest BCUT2D eigenvalue weighted by atomic mass is 79.9. The molecule has 1 nitrogen and oxygen atoms in total. The number of rotatable bonds is 8. The van der Waals surface area contributed by atoms with Gasteiger partial charge in [-0.1, -0.05) is 52.3 Å². The minimum absolute atomic E-state index is 0.671. The fourth-order valence-corrected chi connectivity index (χ4v) is 3.88. The molecule has 0 saturated heterocycles. The summed E-state index contributed by atoms with van der Waals surface area (Å²) < 4.78 is 1.22. The molecule has 2 aromatic rings. The lowest BCUT2D eigenvalue weighted by molar-refractivity contribution is 0.484. The summed E-state index contributed by atoms with van der Waals surface area (Å²) in [5.41, 5.74) is 1.41. The fraction of sp³-hybridized carbons (Fsp3) is 0.333. The van der Waals surface area contributed by atoms with Gasteiger partial charge in [-0.2, -0.15) is 0 Å². The second kappa shape index (κ2) is 9.29. The van der Waals surface area contributed by atoms with E-state index in [1.54, 1.807) is 0 Å². The molecule has 0 radical (unpaired) electrons. The van der Waals surface area contributed by atoms with Gasteiger partial charge in [0.1, 0.15) is 0 Å². The minimum Gasteiger partial charge on any atom is -0.319 e. The van der Waals surface area contributed by atoms with Crippen LogP contribution < -0.4 is 5.32 Å². The van der Waals surface area contributed by atoms with Crippen molar-refractivity contribution in [3.63, 3.8) is 0 Å². The molecule has 0 aliphatic carbocycles. The predicted molar refractivity (Wildman–Crippen MR) is 97.0 cm³/mol. The number of nitrogens with one attached hydrogen (secondary N) is 1. The van der Waals surface area contributed by atoms with Gasteiger partial charge in [0.2, 0.25) is 0 Å². The summed E-state index contributed by atoms with van der Waals surface area (Å²) in [6.45, 7) is 1.07. The summed E-state index contributed by atoms with van der Waals surface area (Å²) in [7, 11) is 2.04. The van der Waals surface area contributed by atoms with Gasteiger partial charge in [0, 0.05) is 9.37 Å². The van der Waals surface area contributed by atoms with Gasteiger partial charge >= 0.3 is 0 Å². The predicted octanol–water partition coefficient (Wildman–Crippen LogP) is 5.01. The van der Waals surface area contributed by atoms with Crippen molar-refractivity contribution in [2.45, 2.75) is 17.7 Å². The Morgan fingerprint density at radius 3 is 2.48 bits per heavy atom. The first kappa shape index (κ1) is 16.6. The number of benzene rings is 2. The van der Waals surface area contributed by atoms with Gasteiger partial charge in [-0.15, -0.1) is 11.8 Å². The van der Waals surface area contributed by atoms with Crippen LogP contribution in [-0.4, -0.2) is 19.3 Å². The molecular weight excluding hydrogens is 342 g/mol. The third kappa shape index (κ3) is 5.85. The van der Waals surface area contributed by atoms with Crippen molar-refractivity contribution in [2.75, 3.05) is 19.3 Å². The zero-order valence-electron chi connectivity index (χ0n) is 12.4. The Balaban J connectivity index is 1.86. The van der Waals surface area contributed by atoms with E-state index >= 15 is 0 Å². The van der Waals surface area contributed by atoms with Crippen LogP contribution >= 0.6 is 27.7 Å². The fourth-order valence-electron chi connectivity index (χ4n) is 2.40. The molecule has 1 atom stereocenters. The van der Waals surface area contributed by atoms with Gasteiger partial charge in [0.25, 0.3) is 0 Å². The van der Waals surface area contributed by atoms with E-state index in [4.69, 9.17) is 0 Å². The molecule has 21 heavy (non-hydrogen) atoms. The molecule has 2 aromatic carbocycles. The minimum atomic E-state index is 0.671. The highest BCUT2D eigenvalue weighted by Crippen LogP contribution is 2.24. The molecule has 0 aliphatic rings. The maximum atomic E-state index is 3.66. The highest BCUT2D eigenvalue weighted by Gasteiger charge is 2.11. The maximum absolute atomic E-state index is 3.66. The molecule has 112 valence electrons. The largest absolute Gasteiger partial charge is 0.319 e. The Morgan fingerprint density at radius 2 is 1.76 bits per heavy atom. The second-order valence-electron chi connectivity index (χ2n) is 5.17. The van der Waals surface area contributed by atoms with Gasteiger partial charge in [-0.05, 0) is 61.9 Å². The molecule has 0 saturated carbocycles. The van der Waals surface area contributed by atoms with Crippen molar-refractivity contribution in [1.82, 2.24) is 5.32 Å². The maximum Gasteiger partial charge on any atom is 0.0207 e. The highest BCUT2D eigenvalue weighted by molar-refractivity contribution is 9.10. The average molecular weight is 364 g/mol. The van der Waals surface area contributed by atoms with Crippen molar-refractivity contribution in [2.24, 2.45) is 5.92 Å². The number of halogens is 1. The lowest BCUT2D eigenvalue weighted by atomic mass is 9.97. The van der Waals surface area contributed by atoms with Crippen LogP contribution in [0.15, 0.2) is 64.0 Å². The smallest absolute Gasteiger partial charge is 0.0207 e. The number of thioether (sulfide) groups is 1. The first-order valence-electron chi connectivity index (χ1n) is 7.35. The lowest BCUT2D eigenvalue weighted by Gasteiger charge is -2.17. The molecule has 0 fully saturated rings. The van der Waals surface area contributed by atoms with Crippen molar-refractivity contribution in [3.8, 4) is 0 Å². The van der Waals surface area contributed by atoms with Crippen LogP contribution in [0.2, 0.25) is 0 Å². The van der Waals surface area contributed by atoms with Crippen LogP contribution in [-0.2, 0) is 6.42 Å². The Kier molecular flexibility index (Phi) is 7.34. The van der Waals surface area contributed by atoms with E-state index in [2.05, 4.69) is 75.8 Å². The van der Waals surface area contributed by atoms with Crippen molar-refractivity contribution >= 4 is 27.7 Å². The Hall–Kier alpha value is -0.770. The van der Waals surface area contributed by atoms with Crippen LogP contribution in [0.25, 0.3) is 0 Å². The van der Waals surface area contributed by atoms with Crippen LogP contribution in [0.5, 0.6) is 0 Å². The van der Waals surface area contributed by atoms with E-state index in [-0.39, 0.29) is 0 Å². The van der Waals surface area contributed by atoms with Crippen molar-refractivity contribution < 1.29 is 0 Å². The van der Waals surface area contributed by atoms with Crippen LogP contribution in [0, 0.1) is 5.92 Å². The van der Waals surface area contributed by atoms with E-state index < -0.39 is 0 Å². The molecule has 0 heterocycles. The first-order chi connectivity index (χ1) is 10.3. The van der Waals surface area contributed by atoms with Crippen molar-refractivity contribution in [1.29, 1.82) is 0 Å². The van der Waals surface area contributed by atoms with E-state index in [0.29, 0.717) is 5.92 Å². The quantitative estimate of drug-likeness (QED) is 0.661. The molecule has 1 unspecified atom stereocenters. The Morgan fingerprint density at radius 1 is 1.05 bits per heavy atom. The topological polar surface area (TPSA) is 12.0 Å². The molecular formula is C18H22BrNS. The summed E-state index contributed by atoms with van der Waals surface area (Å²) in [5.74, 6) is 1.84. The summed E-state index contributed by atoms with van der Waals surface area (Å²) in [6.07, 6.45) is 2.35. The van der Waals surface area contributed by atoms with E-state index in [1.807, 2.05) is 18.8 Å². The SMILES string of the molecule is CNCC(CCSc1ccccc1)Cc1ccccc1Br. The lowest BCUT2D eigenvalue weighted by Crippen LogP contribution is -2.21. The molecule has 0 aromatic heterocycles. The zero-order valence-corrected chi connectivity index (χ0v) is 14.8. The van der Waals surface area contributed by atoms with Gasteiger partial charge in [0.15, 0.2) is 0 Å². The third-order valence-electron chi connectivity index (χ3n) is 3.50. The molecule has 3 heteroatoms. The van der Waals surface area contributed by atoms with Crippen LogP contribution in [0.3, 0.4) is 0 Å². The molecule has 2 rings (SSSR count).